The van der Waals surface area contributed by atoms with E-state index in [1.165, 1.54) is 18.7 Å². The quantitative estimate of drug-likeness (QED) is 0.218. The molecular formula is C17H21N3O7W. The third-order valence-corrected chi connectivity index (χ3v) is 3.15. The number of carbonyl (C=O) groups is 5. The summed E-state index contributed by atoms with van der Waals surface area (Å²) in [4.78, 5) is 54.9. The first kappa shape index (κ1) is 25.8. The van der Waals surface area contributed by atoms with Gasteiger partial charge in [-0.25, -0.2) is 6.54 Å². The van der Waals surface area contributed by atoms with Gasteiger partial charge in [0.05, 0.1) is 25.0 Å². The minimum Gasteiger partial charge on any atom is -0.589 e. The minimum absolute atomic E-state index is 0. The van der Waals surface area contributed by atoms with Crippen molar-refractivity contribution in [3.8, 4) is 0 Å². The predicted octanol–water partition coefficient (Wildman–Crippen LogP) is -0.387. The van der Waals surface area contributed by atoms with Crippen molar-refractivity contribution in [1.29, 1.82) is 0 Å². The summed E-state index contributed by atoms with van der Waals surface area (Å²) in [5.74, 6) is -1.82. The summed E-state index contributed by atoms with van der Waals surface area (Å²) in [6.45, 7) is 3.00. The molecule has 0 atom stereocenters. The van der Waals surface area contributed by atoms with E-state index in [0.717, 1.165) is 17.1 Å². The molecule has 0 spiro atoms. The zero-order valence-electron chi connectivity index (χ0n) is 15.3. The Labute approximate surface area is 176 Å². The number of nitrogens with zero attached hydrogens (tertiary/aromatic N) is 2. The molecule has 2 rings (SSSR count). The van der Waals surface area contributed by atoms with E-state index < -0.39 is 11.8 Å². The zero-order valence-corrected chi connectivity index (χ0v) is 18.2. The van der Waals surface area contributed by atoms with Crippen LogP contribution in [0.3, 0.4) is 0 Å². The molecule has 0 aromatic carbocycles. The summed E-state index contributed by atoms with van der Waals surface area (Å²) in [5.41, 5.74) is 0. The van der Waals surface area contributed by atoms with Crippen LogP contribution < -0.4 is 5.32 Å². The van der Waals surface area contributed by atoms with Crippen molar-refractivity contribution in [2.24, 2.45) is 0 Å². The van der Waals surface area contributed by atoms with Crippen LogP contribution in [-0.4, -0.2) is 67.9 Å². The molecule has 10 nitrogen and oxygen atoms in total. The van der Waals surface area contributed by atoms with Gasteiger partial charge in [-0.2, -0.15) is 0 Å². The van der Waals surface area contributed by atoms with Gasteiger partial charge in [0.15, 0.2) is 5.91 Å². The van der Waals surface area contributed by atoms with Crippen molar-refractivity contribution in [3.63, 3.8) is 0 Å². The molecule has 0 saturated heterocycles. The van der Waals surface area contributed by atoms with E-state index in [0.29, 0.717) is 32.7 Å². The fourth-order valence-electron chi connectivity index (χ4n) is 1.84. The molecule has 11 heteroatoms. The number of nitrogens with one attached hydrogen (secondary N) is 1. The molecule has 2 aliphatic rings. The molecule has 2 heterocycles. The number of imide groups is 2. The van der Waals surface area contributed by atoms with Crippen LogP contribution in [0.5, 0.6) is 0 Å². The van der Waals surface area contributed by atoms with Crippen LogP contribution in [0.4, 0.5) is 0 Å². The fourth-order valence-corrected chi connectivity index (χ4v) is 1.84. The predicted molar refractivity (Wildman–Crippen MR) is 92.7 cm³/mol. The van der Waals surface area contributed by atoms with E-state index in [4.69, 9.17) is 9.47 Å². The van der Waals surface area contributed by atoms with E-state index in [1.54, 1.807) is 7.11 Å². The number of rotatable bonds is 10. The van der Waals surface area contributed by atoms with Crippen molar-refractivity contribution in [2.45, 2.75) is 12.8 Å². The van der Waals surface area contributed by atoms with E-state index >= 15 is 0 Å². The minimum atomic E-state index is -0.454. The van der Waals surface area contributed by atoms with Crippen LogP contribution in [0, 0.1) is 6.54 Å². The summed E-state index contributed by atoms with van der Waals surface area (Å²) >= 11 is 0. The third kappa shape index (κ3) is 10.9. The molecule has 0 radical (unpaired) electrons. The van der Waals surface area contributed by atoms with E-state index in [-0.39, 0.29) is 45.3 Å². The Kier molecular flexibility index (Phi) is 13.7. The molecule has 0 aromatic rings. The summed E-state index contributed by atoms with van der Waals surface area (Å²) in [5, 5.41) is 5.53. The Morgan fingerprint density at radius 1 is 1.04 bits per heavy atom. The van der Waals surface area contributed by atoms with Crippen molar-refractivity contribution in [1.82, 2.24) is 10.2 Å². The van der Waals surface area contributed by atoms with Gasteiger partial charge in [0.1, 0.15) is 0 Å². The number of ether oxygens (including phenoxy) is 2. The number of hydrogen-bond donors (Lipinski definition) is 1. The van der Waals surface area contributed by atoms with Gasteiger partial charge < -0.3 is 34.6 Å². The molecule has 5 amide bonds. The molecule has 0 unspecified atom stereocenters. The molecule has 0 bridgehead atoms. The van der Waals surface area contributed by atoms with Gasteiger partial charge in [0.2, 0.25) is 0 Å². The van der Waals surface area contributed by atoms with Crippen molar-refractivity contribution in [2.75, 3.05) is 33.5 Å². The molecule has 0 fully saturated rings. The summed E-state index contributed by atoms with van der Waals surface area (Å²) in [6, 6.07) is 0. The fraction of sp³-hybridized carbons (Fsp3) is 0.412. The van der Waals surface area contributed by atoms with Gasteiger partial charge in [-0.15, -0.1) is 0 Å². The molecule has 1 N–H and O–H groups in total. The monoisotopic (exact) mass is 563 g/mol. The van der Waals surface area contributed by atoms with Gasteiger partial charge in [-0.3, -0.25) is 14.4 Å². The SMILES string of the molecule is COCCOCCCC(=O)N[CH-]CN1C(=O)C=CC1=O.O=C1C=CC(=O)[N-]1.[W+2]. The van der Waals surface area contributed by atoms with E-state index in [9.17, 15) is 24.0 Å². The Morgan fingerprint density at radius 3 is 2.14 bits per heavy atom. The number of amides is 5. The topological polar surface area (TPSA) is 133 Å². The number of methoxy groups -OCH3 is 1. The smallest absolute Gasteiger partial charge is 0.589 e. The second-order valence-corrected chi connectivity index (χ2v) is 5.22. The molecule has 2 aliphatic heterocycles. The average Bonchev–Trinajstić information content (AvgIpc) is 3.16. The Hall–Kier alpha value is -2.16. The summed E-state index contributed by atoms with van der Waals surface area (Å²) in [7, 11) is 1.60. The third-order valence-electron chi connectivity index (χ3n) is 3.15. The van der Waals surface area contributed by atoms with Crippen LogP contribution in [-0.2, 0) is 54.5 Å². The Bertz CT molecular complexity index is 600. The first-order chi connectivity index (χ1) is 12.9. The van der Waals surface area contributed by atoms with Crippen molar-refractivity contribution in [3.05, 3.63) is 36.2 Å². The maximum absolute atomic E-state index is 11.4. The van der Waals surface area contributed by atoms with Crippen LogP contribution in [0.15, 0.2) is 24.3 Å². The molecule has 0 aromatic heterocycles. The molecule has 0 saturated carbocycles. The second-order valence-electron chi connectivity index (χ2n) is 5.22. The van der Waals surface area contributed by atoms with Crippen LogP contribution in [0.1, 0.15) is 12.8 Å². The zero-order chi connectivity index (χ0) is 20.1. The first-order valence-corrected chi connectivity index (χ1v) is 8.13. The maximum Gasteiger partial charge on any atom is 2.00 e. The van der Waals surface area contributed by atoms with Crippen molar-refractivity contribution >= 4 is 29.5 Å². The normalized spacial score (nSPS) is 14.5. The van der Waals surface area contributed by atoms with Crippen LogP contribution in [0.2, 0.25) is 0 Å². The van der Waals surface area contributed by atoms with Crippen LogP contribution in [0.25, 0.3) is 5.32 Å². The number of hydrogen-bond acceptors (Lipinski definition) is 7. The molecular weight excluding hydrogens is 542 g/mol. The van der Waals surface area contributed by atoms with E-state index in [2.05, 4.69) is 10.6 Å². The van der Waals surface area contributed by atoms with Gasteiger partial charge in [0.25, 0.3) is 11.8 Å². The van der Waals surface area contributed by atoms with Gasteiger partial charge >= 0.3 is 21.1 Å². The van der Waals surface area contributed by atoms with Crippen molar-refractivity contribution < 1.29 is 54.5 Å². The first-order valence-electron chi connectivity index (χ1n) is 8.13. The molecule has 28 heavy (non-hydrogen) atoms. The maximum atomic E-state index is 11.4. The van der Waals surface area contributed by atoms with Gasteiger partial charge in [0, 0.05) is 32.3 Å². The van der Waals surface area contributed by atoms with Gasteiger partial charge in [-0.1, -0.05) is 6.54 Å². The Balaban J connectivity index is 0.000000765. The molecule has 0 aliphatic carbocycles. The van der Waals surface area contributed by atoms with Crippen LogP contribution >= 0.6 is 0 Å². The summed E-state index contributed by atoms with van der Waals surface area (Å²) < 4.78 is 10.0. The van der Waals surface area contributed by atoms with E-state index in [1.807, 2.05) is 0 Å². The molecule has 152 valence electrons. The Morgan fingerprint density at radius 2 is 1.64 bits per heavy atom. The largest absolute Gasteiger partial charge is 2.00 e. The summed E-state index contributed by atoms with van der Waals surface area (Å²) in [6.07, 6.45) is 5.62. The standard InChI is InChI=1S/C13H19N2O5.C4H3NO2.W/c1-19-9-10-20-8-2-3-11(16)14-6-7-15-12(17)4-5-13(15)18;6-3-1-2-4(7)5-3;/h4-6H,2-3,7-10H2,1H3,(H,14,16);1-2H,(H,5,6,7);/q-1;;+2/p-1. The second kappa shape index (κ2) is 14.8. The van der Waals surface area contributed by atoms with Gasteiger partial charge in [-0.05, 0) is 18.6 Å². The average molecular weight is 563 g/mol. The number of carbonyl (C=O) groups excluding carboxylic acids is 5.